The Morgan fingerprint density at radius 3 is 3.18 bits per heavy atom. The Balaban J connectivity index is 1.77. The lowest BCUT2D eigenvalue weighted by Gasteiger charge is -2.08. The number of carbonyl (C=O) groups is 1. The van der Waals surface area contributed by atoms with Crippen molar-refractivity contribution in [2.24, 2.45) is 5.92 Å². The Bertz CT molecular complexity index is 392. The fourth-order valence-corrected chi connectivity index (χ4v) is 2.01. The van der Waals surface area contributed by atoms with E-state index >= 15 is 0 Å². The van der Waals surface area contributed by atoms with Crippen LogP contribution in [0, 0.1) is 5.92 Å². The minimum Gasteiger partial charge on any atom is -0.381 e. The molecule has 1 atom stereocenters. The molecule has 5 heteroatoms. The molecule has 0 bridgehead atoms. The van der Waals surface area contributed by atoms with Crippen LogP contribution in [0.2, 0.25) is 5.02 Å². The van der Waals surface area contributed by atoms with Crippen molar-refractivity contribution in [1.82, 2.24) is 10.3 Å². The molecule has 0 aromatic carbocycles. The summed E-state index contributed by atoms with van der Waals surface area (Å²) in [5.41, 5.74) is 0.500. The number of hydrogen-bond donors (Lipinski definition) is 1. The molecule has 1 aliphatic heterocycles. The van der Waals surface area contributed by atoms with Gasteiger partial charge in [-0.05, 0) is 24.8 Å². The summed E-state index contributed by atoms with van der Waals surface area (Å²) in [5, 5.41) is 3.33. The van der Waals surface area contributed by atoms with Crippen LogP contribution < -0.4 is 5.32 Å². The van der Waals surface area contributed by atoms with Gasteiger partial charge < -0.3 is 10.1 Å². The van der Waals surface area contributed by atoms with Crippen LogP contribution in [0.5, 0.6) is 0 Å². The first-order valence-corrected chi connectivity index (χ1v) is 6.10. The summed E-state index contributed by atoms with van der Waals surface area (Å²) in [4.78, 5) is 15.6. The highest BCUT2D eigenvalue weighted by Crippen LogP contribution is 2.15. The Labute approximate surface area is 105 Å². The minimum absolute atomic E-state index is 0.126. The van der Waals surface area contributed by atoms with E-state index in [4.69, 9.17) is 16.3 Å². The average Bonchev–Trinajstić information content (AvgIpc) is 2.82. The number of pyridine rings is 1. The molecule has 0 aliphatic carbocycles. The third-order valence-corrected chi connectivity index (χ3v) is 3.04. The molecule has 1 amide bonds. The zero-order valence-electron chi connectivity index (χ0n) is 9.49. The first-order chi connectivity index (χ1) is 8.25. The van der Waals surface area contributed by atoms with E-state index in [9.17, 15) is 4.79 Å². The van der Waals surface area contributed by atoms with Crippen LogP contribution in [0.4, 0.5) is 0 Å². The highest BCUT2D eigenvalue weighted by atomic mass is 35.5. The minimum atomic E-state index is -0.126. The zero-order chi connectivity index (χ0) is 12.1. The second-order valence-electron chi connectivity index (χ2n) is 4.17. The van der Waals surface area contributed by atoms with Crippen LogP contribution in [0.25, 0.3) is 0 Å². The van der Waals surface area contributed by atoms with Crippen LogP contribution in [0.3, 0.4) is 0 Å². The molecule has 1 aromatic heterocycles. The van der Waals surface area contributed by atoms with Crippen molar-refractivity contribution >= 4 is 17.5 Å². The molecular formula is C12H15ClN2O2. The van der Waals surface area contributed by atoms with Crippen molar-refractivity contribution in [3.63, 3.8) is 0 Å². The smallest absolute Gasteiger partial charge is 0.252 e. The molecule has 1 aliphatic rings. The third-order valence-electron chi connectivity index (χ3n) is 2.83. The quantitative estimate of drug-likeness (QED) is 0.893. The molecule has 1 N–H and O–H groups in total. The lowest BCUT2D eigenvalue weighted by Crippen LogP contribution is -2.26. The number of aromatic nitrogens is 1. The molecule has 2 heterocycles. The largest absolute Gasteiger partial charge is 0.381 e. The number of nitrogens with one attached hydrogen (secondary N) is 1. The van der Waals surface area contributed by atoms with Gasteiger partial charge in [0.25, 0.3) is 5.91 Å². The van der Waals surface area contributed by atoms with Crippen LogP contribution in [0.1, 0.15) is 23.2 Å². The maximum absolute atomic E-state index is 11.7. The average molecular weight is 255 g/mol. The molecule has 1 aromatic rings. The predicted octanol–water partition coefficient (Wildman–Crippen LogP) is 1.89. The molecule has 17 heavy (non-hydrogen) atoms. The second kappa shape index (κ2) is 5.98. The molecule has 0 radical (unpaired) electrons. The molecule has 2 rings (SSSR count). The van der Waals surface area contributed by atoms with E-state index in [2.05, 4.69) is 10.3 Å². The van der Waals surface area contributed by atoms with Gasteiger partial charge in [0.2, 0.25) is 0 Å². The van der Waals surface area contributed by atoms with Crippen LogP contribution in [-0.4, -0.2) is 30.6 Å². The van der Waals surface area contributed by atoms with Gasteiger partial charge in [0.1, 0.15) is 0 Å². The van der Waals surface area contributed by atoms with Crippen molar-refractivity contribution in [3.8, 4) is 0 Å². The van der Waals surface area contributed by atoms with Gasteiger partial charge in [0.15, 0.2) is 0 Å². The van der Waals surface area contributed by atoms with E-state index in [1.54, 1.807) is 6.07 Å². The molecule has 0 spiro atoms. The molecule has 1 saturated heterocycles. The Morgan fingerprint density at radius 2 is 2.47 bits per heavy atom. The Morgan fingerprint density at radius 1 is 1.59 bits per heavy atom. The highest BCUT2D eigenvalue weighted by Gasteiger charge is 2.15. The SMILES string of the molecule is O=C(NCC[C@@H]1CCOC1)c1cncc(Cl)c1. The van der Waals surface area contributed by atoms with Crippen LogP contribution in [-0.2, 0) is 4.74 Å². The van der Waals surface area contributed by atoms with E-state index < -0.39 is 0 Å². The number of nitrogens with zero attached hydrogens (tertiary/aromatic N) is 1. The van der Waals surface area contributed by atoms with Gasteiger partial charge in [-0.25, -0.2) is 0 Å². The third kappa shape index (κ3) is 3.68. The van der Waals surface area contributed by atoms with Gasteiger partial charge in [-0.1, -0.05) is 11.6 Å². The summed E-state index contributed by atoms with van der Waals surface area (Å²) in [6.07, 6.45) is 5.07. The van der Waals surface area contributed by atoms with Gasteiger partial charge in [0, 0.05) is 32.2 Å². The van der Waals surface area contributed by atoms with Crippen molar-refractivity contribution in [2.75, 3.05) is 19.8 Å². The summed E-state index contributed by atoms with van der Waals surface area (Å²) in [5.74, 6) is 0.451. The molecule has 4 nitrogen and oxygen atoms in total. The number of rotatable bonds is 4. The standard InChI is InChI=1S/C12H15ClN2O2/c13-11-5-10(6-14-7-11)12(16)15-3-1-9-2-4-17-8-9/h5-7,9H,1-4,8H2,(H,15,16)/t9-/m1/s1. The van der Waals surface area contributed by atoms with Crippen LogP contribution in [0.15, 0.2) is 18.5 Å². The maximum Gasteiger partial charge on any atom is 0.252 e. The van der Waals surface area contributed by atoms with E-state index in [0.717, 1.165) is 26.1 Å². The van der Waals surface area contributed by atoms with E-state index in [1.165, 1.54) is 12.4 Å². The zero-order valence-corrected chi connectivity index (χ0v) is 10.2. The van der Waals surface area contributed by atoms with Crippen molar-refractivity contribution in [3.05, 3.63) is 29.0 Å². The lowest BCUT2D eigenvalue weighted by molar-refractivity contribution is 0.0950. The summed E-state index contributed by atoms with van der Waals surface area (Å²) in [6.45, 7) is 2.32. The van der Waals surface area contributed by atoms with Crippen molar-refractivity contribution in [2.45, 2.75) is 12.8 Å². The first kappa shape index (κ1) is 12.3. The Kier molecular flexibility index (Phi) is 4.34. The molecule has 0 unspecified atom stereocenters. The van der Waals surface area contributed by atoms with E-state index in [-0.39, 0.29) is 5.91 Å². The first-order valence-electron chi connectivity index (χ1n) is 5.72. The molecule has 0 saturated carbocycles. The topological polar surface area (TPSA) is 51.2 Å². The summed E-state index contributed by atoms with van der Waals surface area (Å²) in [6, 6.07) is 1.61. The monoisotopic (exact) mass is 254 g/mol. The fourth-order valence-electron chi connectivity index (χ4n) is 1.84. The van der Waals surface area contributed by atoms with Gasteiger partial charge in [0.05, 0.1) is 10.6 Å². The number of hydrogen-bond acceptors (Lipinski definition) is 3. The summed E-state index contributed by atoms with van der Waals surface area (Å²) >= 11 is 5.77. The highest BCUT2D eigenvalue weighted by molar-refractivity contribution is 6.30. The maximum atomic E-state index is 11.7. The van der Waals surface area contributed by atoms with Crippen molar-refractivity contribution in [1.29, 1.82) is 0 Å². The number of halogens is 1. The lowest BCUT2D eigenvalue weighted by atomic mass is 10.1. The number of amides is 1. The predicted molar refractivity (Wildman–Crippen MR) is 65.1 cm³/mol. The van der Waals surface area contributed by atoms with Gasteiger partial charge >= 0.3 is 0 Å². The summed E-state index contributed by atoms with van der Waals surface area (Å²) < 4.78 is 5.27. The number of ether oxygens (including phenoxy) is 1. The Hall–Kier alpha value is -1.13. The number of carbonyl (C=O) groups excluding carboxylic acids is 1. The van der Waals surface area contributed by atoms with Gasteiger partial charge in [-0.15, -0.1) is 0 Å². The summed E-state index contributed by atoms with van der Waals surface area (Å²) in [7, 11) is 0. The fraction of sp³-hybridized carbons (Fsp3) is 0.500. The van der Waals surface area contributed by atoms with E-state index in [0.29, 0.717) is 23.0 Å². The van der Waals surface area contributed by atoms with E-state index in [1.807, 2.05) is 0 Å². The molecule has 1 fully saturated rings. The van der Waals surface area contributed by atoms with Crippen LogP contribution >= 0.6 is 11.6 Å². The van der Waals surface area contributed by atoms with Crippen molar-refractivity contribution < 1.29 is 9.53 Å². The second-order valence-corrected chi connectivity index (χ2v) is 4.60. The van der Waals surface area contributed by atoms with Gasteiger partial charge in [-0.2, -0.15) is 0 Å². The normalized spacial score (nSPS) is 19.2. The van der Waals surface area contributed by atoms with Gasteiger partial charge in [-0.3, -0.25) is 9.78 Å². The molecular weight excluding hydrogens is 240 g/mol. The molecule has 92 valence electrons.